The van der Waals surface area contributed by atoms with Gasteiger partial charge in [-0.1, -0.05) is 43.7 Å². The van der Waals surface area contributed by atoms with Crippen molar-refractivity contribution in [2.75, 3.05) is 22.9 Å². The van der Waals surface area contributed by atoms with Crippen molar-refractivity contribution in [3.8, 4) is 0 Å². The predicted molar refractivity (Wildman–Crippen MR) is 127 cm³/mol. The van der Waals surface area contributed by atoms with Gasteiger partial charge >= 0.3 is 0 Å². The first-order valence-corrected chi connectivity index (χ1v) is 11.6. The van der Waals surface area contributed by atoms with Crippen molar-refractivity contribution in [2.24, 2.45) is 5.92 Å². The number of aryl methyl sites for hydroxylation is 1. The van der Waals surface area contributed by atoms with Crippen molar-refractivity contribution in [3.63, 3.8) is 0 Å². The van der Waals surface area contributed by atoms with E-state index in [0.717, 1.165) is 44.6 Å². The van der Waals surface area contributed by atoms with Gasteiger partial charge in [0.2, 0.25) is 5.91 Å². The summed E-state index contributed by atoms with van der Waals surface area (Å²) in [6.45, 7) is 5.58. The van der Waals surface area contributed by atoms with Gasteiger partial charge in [-0.3, -0.25) is 4.79 Å². The normalized spacial score (nSPS) is 16.5. The van der Waals surface area contributed by atoms with Crippen molar-refractivity contribution in [3.05, 3.63) is 83.7 Å². The smallest absolute Gasteiger partial charge is 0.230 e. The molecule has 0 spiro atoms. The highest BCUT2D eigenvalue weighted by atomic mass is 16.2. The summed E-state index contributed by atoms with van der Waals surface area (Å²) in [5.41, 5.74) is 6.18. The second kappa shape index (κ2) is 8.62. The lowest BCUT2D eigenvalue weighted by molar-refractivity contribution is -0.123. The van der Waals surface area contributed by atoms with E-state index in [1.54, 1.807) is 0 Å². The quantitative estimate of drug-likeness (QED) is 0.584. The Balaban J connectivity index is 1.30. The molecule has 0 saturated carbocycles. The summed E-state index contributed by atoms with van der Waals surface area (Å²) >= 11 is 0. The lowest BCUT2D eigenvalue weighted by Gasteiger charge is -2.35. The van der Waals surface area contributed by atoms with E-state index in [0.29, 0.717) is 6.54 Å². The van der Waals surface area contributed by atoms with Gasteiger partial charge in [-0.05, 0) is 60.7 Å². The highest BCUT2D eigenvalue weighted by Crippen LogP contribution is 2.32. The molecular formula is C27H31N3O. The summed E-state index contributed by atoms with van der Waals surface area (Å²) in [6.07, 6.45) is 6.25. The highest BCUT2D eigenvalue weighted by molar-refractivity contribution is 5.96. The number of para-hydroxylation sites is 1. The van der Waals surface area contributed by atoms with Crippen LogP contribution in [0.4, 0.5) is 11.4 Å². The van der Waals surface area contributed by atoms with E-state index in [-0.39, 0.29) is 11.8 Å². The van der Waals surface area contributed by atoms with Crippen LogP contribution in [0.5, 0.6) is 0 Å². The van der Waals surface area contributed by atoms with Crippen LogP contribution in [0, 0.1) is 5.92 Å². The lowest BCUT2D eigenvalue weighted by atomic mass is 9.94. The van der Waals surface area contributed by atoms with Crippen molar-refractivity contribution in [2.45, 2.75) is 45.7 Å². The molecule has 3 heterocycles. The Kier molecular flexibility index (Phi) is 5.54. The second-order valence-corrected chi connectivity index (χ2v) is 8.86. The maximum absolute atomic E-state index is 13.7. The Morgan fingerprint density at radius 2 is 1.71 bits per heavy atom. The fraction of sp³-hybridized carbons (Fsp3) is 0.370. The monoisotopic (exact) mass is 413 g/mol. The first kappa shape index (κ1) is 19.9. The van der Waals surface area contributed by atoms with Crippen molar-refractivity contribution < 1.29 is 4.79 Å². The molecule has 3 aromatic rings. The van der Waals surface area contributed by atoms with E-state index < -0.39 is 0 Å². The van der Waals surface area contributed by atoms with Gasteiger partial charge in [0, 0.05) is 48.8 Å². The van der Waals surface area contributed by atoms with Crippen LogP contribution in [0.2, 0.25) is 0 Å². The molecule has 4 nitrogen and oxygen atoms in total. The number of nitrogens with zero attached hydrogens (tertiary/aromatic N) is 3. The van der Waals surface area contributed by atoms with Crippen LogP contribution in [-0.2, 0) is 24.3 Å². The molecule has 0 N–H and O–H groups in total. The standard InChI is InChI=1S/C27H31N3O/c1-2-6-21-10-12-24(13-11-21)28-17-14-22(15-18-28)27(31)30-20-25-8-5-16-29(25)19-23-7-3-4-9-26(23)30/h3-5,7-13,16,22H,2,6,14-15,17-20H2,1H3. The summed E-state index contributed by atoms with van der Waals surface area (Å²) in [6, 6.07) is 21.6. The molecule has 5 rings (SSSR count). The lowest BCUT2D eigenvalue weighted by Crippen LogP contribution is -2.42. The molecule has 2 aliphatic rings. The summed E-state index contributed by atoms with van der Waals surface area (Å²) in [7, 11) is 0. The zero-order valence-corrected chi connectivity index (χ0v) is 18.3. The molecule has 0 aliphatic carbocycles. The van der Waals surface area contributed by atoms with Crippen LogP contribution >= 0.6 is 0 Å². The number of benzene rings is 2. The third-order valence-corrected chi connectivity index (χ3v) is 6.82. The molecular weight excluding hydrogens is 382 g/mol. The molecule has 1 fully saturated rings. The summed E-state index contributed by atoms with van der Waals surface area (Å²) in [4.78, 5) is 18.1. The highest BCUT2D eigenvalue weighted by Gasteiger charge is 2.31. The van der Waals surface area contributed by atoms with Crippen molar-refractivity contribution >= 4 is 17.3 Å². The van der Waals surface area contributed by atoms with Gasteiger partial charge in [0.1, 0.15) is 0 Å². The number of piperidine rings is 1. The van der Waals surface area contributed by atoms with Crippen LogP contribution < -0.4 is 9.80 Å². The van der Waals surface area contributed by atoms with Gasteiger partial charge < -0.3 is 14.4 Å². The van der Waals surface area contributed by atoms with Gasteiger partial charge in [0.05, 0.1) is 6.54 Å². The average molecular weight is 414 g/mol. The third-order valence-electron chi connectivity index (χ3n) is 6.82. The van der Waals surface area contributed by atoms with Crippen LogP contribution in [0.25, 0.3) is 0 Å². The number of carbonyl (C=O) groups is 1. The zero-order chi connectivity index (χ0) is 21.2. The Morgan fingerprint density at radius 1 is 0.935 bits per heavy atom. The van der Waals surface area contributed by atoms with Gasteiger partial charge in [0.15, 0.2) is 0 Å². The fourth-order valence-electron chi connectivity index (χ4n) is 5.05. The van der Waals surface area contributed by atoms with Gasteiger partial charge in [-0.15, -0.1) is 0 Å². The Morgan fingerprint density at radius 3 is 2.48 bits per heavy atom. The summed E-state index contributed by atoms with van der Waals surface area (Å²) in [5, 5.41) is 0. The number of fused-ring (bicyclic) bond motifs is 2. The molecule has 1 saturated heterocycles. The van der Waals surface area contributed by atoms with Gasteiger partial charge in [-0.2, -0.15) is 0 Å². The molecule has 0 radical (unpaired) electrons. The summed E-state index contributed by atoms with van der Waals surface area (Å²) < 4.78 is 2.26. The number of hydrogen-bond donors (Lipinski definition) is 0. The molecule has 0 unspecified atom stereocenters. The summed E-state index contributed by atoms with van der Waals surface area (Å²) in [5.74, 6) is 0.366. The van der Waals surface area contributed by atoms with E-state index in [2.05, 4.69) is 77.2 Å². The molecule has 1 amide bonds. The van der Waals surface area contributed by atoms with E-state index in [4.69, 9.17) is 0 Å². The maximum Gasteiger partial charge on any atom is 0.230 e. The van der Waals surface area contributed by atoms with Gasteiger partial charge in [0.25, 0.3) is 0 Å². The molecule has 0 atom stereocenters. The SMILES string of the molecule is CCCc1ccc(N2CCC(C(=O)N3Cc4cccn4Cc4ccccc43)CC2)cc1. The zero-order valence-electron chi connectivity index (χ0n) is 18.3. The van der Waals surface area contributed by atoms with Crippen molar-refractivity contribution in [1.82, 2.24) is 4.57 Å². The minimum absolute atomic E-state index is 0.0881. The number of anilines is 2. The second-order valence-electron chi connectivity index (χ2n) is 8.86. The largest absolute Gasteiger partial charge is 0.371 e. The van der Waals surface area contributed by atoms with E-state index in [9.17, 15) is 4.79 Å². The fourth-order valence-corrected chi connectivity index (χ4v) is 5.05. The van der Waals surface area contributed by atoms with Crippen LogP contribution in [-0.4, -0.2) is 23.6 Å². The molecule has 160 valence electrons. The van der Waals surface area contributed by atoms with E-state index in [1.165, 1.54) is 28.9 Å². The van der Waals surface area contributed by atoms with E-state index >= 15 is 0 Å². The molecule has 2 aromatic carbocycles. The minimum atomic E-state index is 0.0881. The van der Waals surface area contributed by atoms with Crippen LogP contribution in [0.15, 0.2) is 66.9 Å². The Labute approximate surface area is 185 Å². The minimum Gasteiger partial charge on any atom is -0.371 e. The first-order valence-electron chi connectivity index (χ1n) is 11.6. The van der Waals surface area contributed by atoms with E-state index in [1.807, 2.05) is 11.0 Å². The van der Waals surface area contributed by atoms with Gasteiger partial charge in [-0.25, -0.2) is 0 Å². The number of aromatic nitrogens is 1. The topological polar surface area (TPSA) is 28.5 Å². The number of hydrogen-bond acceptors (Lipinski definition) is 2. The molecule has 1 aromatic heterocycles. The predicted octanol–water partition coefficient (Wildman–Crippen LogP) is 5.25. The molecule has 31 heavy (non-hydrogen) atoms. The van der Waals surface area contributed by atoms with Crippen LogP contribution in [0.1, 0.15) is 43.0 Å². The molecule has 4 heteroatoms. The Hall–Kier alpha value is -3.01. The Bertz CT molecular complexity index is 1040. The molecule has 0 bridgehead atoms. The first-order chi connectivity index (χ1) is 15.2. The van der Waals surface area contributed by atoms with Crippen LogP contribution in [0.3, 0.4) is 0 Å². The molecule has 2 aliphatic heterocycles. The third kappa shape index (κ3) is 3.99. The number of rotatable bonds is 4. The number of carbonyl (C=O) groups excluding carboxylic acids is 1. The maximum atomic E-state index is 13.7. The average Bonchev–Trinajstić information content (AvgIpc) is 3.18. The number of amides is 1. The van der Waals surface area contributed by atoms with Crippen molar-refractivity contribution in [1.29, 1.82) is 0 Å².